The maximum atomic E-state index is 12.7. The summed E-state index contributed by atoms with van der Waals surface area (Å²) in [6.07, 6.45) is 1.50. The minimum atomic E-state index is -0.595. The Labute approximate surface area is 172 Å². The summed E-state index contributed by atoms with van der Waals surface area (Å²) in [5.41, 5.74) is 1.69. The second kappa shape index (κ2) is 9.96. The first kappa shape index (κ1) is 20.7. The first-order chi connectivity index (χ1) is 14.1. The molecule has 3 rings (SSSR count). The highest BCUT2D eigenvalue weighted by molar-refractivity contribution is 5.91. The Kier molecular flexibility index (Phi) is 7.11. The average Bonchev–Trinajstić information content (AvgIpc) is 2.76. The lowest BCUT2D eigenvalue weighted by molar-refractivity contribution is -0.128. The van der Waals surface area contributed by atoms with E-state index in [4.69, 9.17) is 4.74 Å². The van der Waals surface area contributed by atoms with E-state index < -0.39 is 6.10 Å². The van der Waals surface area contributed by atoms with Crippen LogP contribution < -0.4 is 20.3 Å². The molecule has 154 valence electrons. The number of hydrogen-bond donors (Lipinski definition) is 2. The van der Waals surface area contributed by atoms with Crippen LogP contribution >= 0.6 is 0 Å². The standard InChI is InChI=1S/C23H29N3O3/c1-3-17(4-2)25-23(28)21-16-26(19-12-8-9-13-20(19)29-21)15-14-22(27)24-18-10-6-5-7-11-18/h5-13,17,21H,3-4,14-16H2,1-2H3,(H,24,27)(H,25,28). The highest BCUT2D eigenvalue weighted by Crippen LogP contribution is 2.33. The molecule has 1 atom stereocenters. The smallest absolute Gasteiger partial charge is 0.263 e. The molecule has 2 aromatic rings. The van der Waals surface area contributed by atoms with Gasteiger partial charge in [0.15, 0.2) is 6.10 Å². The molecule has 6 nitrogen and oxygen atoms in total. The normalized spacial score (nSPS) is 15.4. The third-order valence-corrected chi connectivity index (χ3v) is 5.15. The van der Waals surface area contributed by atoms with E-state index in [9.17, 15) is 9.59 Å². The molecule has 0 aromatic heterocycles. The third-order valence-electron chi connectivity index (χ3n) is 5.15. The zero-order chi connectivity index (χ0) is 20.6. The van der Waals surface area contributed by atoms with Crippen LogP contribution in [0.3, 0.4) is 0 Å². The summed E-state index contributed by atoms with van der Waals surface area (Å²) in [7, 11) is 0. The number of fused-ring (bicyclic) bond motifs is 1. The lowest BCUT2D eigenvalue weighted by atomic mass is 10.1. The van der Waals surface area contributed by atoms with Gasteiger partial charge >= 0.3 is 0 Å². The molecule has 0 saturated carbocycles. The number of carbonyl (C=O) groups is 2. The summed E-state index contributed by atoms with van der Waals surface area (Å²) >= 11 is 0. The molecule has 0 aliphatic carbocycles. The van der Waals surface area contributed by atoms with Gasteiger partial charge in [0.25, 0.3) is 5.91 Å². The van der Waals surface area contributed by atoms with E-state index >= 15 is 0 Å². The number of nitrogens with zero attached hydrogens (tertiary/aromatic N) is 1. The van der Waals surface area contributed by atoms with Crippen molar-refractivity contribution in [3.8, 4) is 5.75 Å². The first-order valence-corrected chi connectivity index (χ1v) is 10.3. The summed E-state index contributed by atoms with van der Waals surface area (Å²) in [5, 5.41) is 5.97. The fourth-order valence-electron chi connectivity index (χ4n) is 3.42. The molecule has 2 N–H and O–H groups in total. The predicted octanol–water partition coefficient (Wildman–Crippen LogP) is 3.59. The van der Waals surface area contributed by atoms with Crippen LogP contribution in [0.4, 0.5) is 11.4 Å². The Bertz CT molecular complexity index is 821. The van der Waals surface area contributed by atoms with Crippen molar-refractivity contribution in [1.29, 1.82) is 0 Å². The summed E-state index contributed by atoms with van der Waals surface area (Å²) in [6.45, 7) is 5.04. The van der Waals surface area contributed by atoms with Gasteiger partial charge in [-0.1, -0.05) is 44.2 Å². The SMILES string of the molecule is CCC(CC)NC(=O)C1CN(CCC(=O)Nc2ccccc2)c2ccccc2O1. The van der Waals surface area contributed by atoms with Crippen molar-refractivity contribution in [3.05, 3.63) is 54.6 Å². The Balaban J connectivity index is 1.65. The second-order valence-electron chi connectivity index (χ2n) is 7.21. The van der Waals surface area contributed by atoms with E-state index in [-0.39, 0.29) is 17.9 Å². The molecule has 0 fully saturated rings. The fraction of sp³-hybridized carbons (Fsp3) is 0.391. The lowest BCUT2D eigenvalue weighted by Gasteiger charge is -2.36. The maximum Gasteiger partial charge on any atom is 0.263 e. The number of amides is 2. The minimum Gasteiger partial charge on any atom is -0.477 e. The van der Waals surface area contributed by atoms with E-state index in [0.29, 0.717) is 25.3 Å². The molecule has 1 heterocycles. The summed E-state index contributed by atoms with van der Waals surface area (Å²) in [5.74, 6) is 0.511. The van der Waals surface area contributed by atoms with Crippen LogP contribution in [-0.4, -0.2) is 37.0 Å². The Hall–Kier alpha value is -3.02. The second-order valence-corrected chi connectivity index (χ2v) is 7.21. The summed E-state index contributed by atoms with van der Waals surface area (Å²) < 4.78 is 5.96. The first-order valence-electron chi connectivity index (χ1n) is 10.3. The highest BCUT2D eigenvalue weighted by atomic mass is 16.5. The Morgan fingerprint density at radius 1 is 1.07 bits per heavy atom. The molecular formula is C23H29N3O3. The number of para-hydroxylation sites is 3. The maximum absolute atomic E-state index is 12.7. The molecule has 0 bridgehead atoms. The van der Waals surface area contributed by atoms with Crippen molar-refractivity contribution in [2.75, 3.05) is 23.3 Å². The number of hydrogen-bond acceptors (Lipinski definition) is 4. The zero-order valence-electron chi connectivity index (χ0n) is 17.1. The van der Waals surface area contributed by atoms with Crippen molar-refractivity contribution in [3.63, 3.8) is 0 Å². The van der Waals surface area contributed by atoms with E-state index in [1.165, 1.54) is 0 Å². The largest absolute Gasteiger partial charge is 0.477 e. The van der Waals surface area contributed by atoms with Crippen molar-refractivity contribution in [2.24, 2.45) is 0 Å². The van der Waals surface area contributed by atoms with Crippen molar-refractivity contribution in [1.82, 2.24) is 5.32 Å². The quantitative estimate of drug-likeness (QED) is 0.717. The molecule has 1 unspecified atom stereocenters. The zero-order valence-corrected chi connectivity index (χ0v) is 17.1. The van der Waals surface area contributed by atoms with Gasteiger partial charge in [-0.05, 0) is 37.1 Å². The van der Waals surface area contributed by atoms with Gasteiger partial charge in [-0.3, -0.25) is 9.59 Å². The Morgan fingerprint density at radius 3 is 2.48 bits per heavy atom. The molecule has 6 heteroatoms. The van der Waals surface area contributed by atoms with E-state index in [1.54, 1.807) is 0 Å². The van der Waals surface area contributed by atoms with Gasteiger partial charge in [0.2, 0.25) is 5.91 Å². The van der Waals surface area contributed by atoms with E-state index in [1.807, 2.05) is 54.6 Å². The number of carbonyl (C=O) groups excluding carboxylic acids is 2. The van der Waals surface area contributed by atoms with Gasteiger partial charge in [0.05, 0.1) is 12.2 Å². The van der Waals surface area contributed by atoms with Crippen molar-refractivity contribution < 1.29 is 14.3 Å². The van der Waals surface area contributed by atoms with Crippen LogP contribution in [0.2, 0.25) is 0 Å². The molecule has 0 saturated heterocycles. The van der Waals surface area contributed by atoms with Crippen LogP contribution in [0.1, 0.15) is 33.1 Å². The number of rotatable bonds is 8. The lowest BCUT2D eigenvalue weighted by Crippen LogP contribution is -2.51. The van der Waals surface area contributed by atoms with Gasteiger partial charge < -0.3 is 20.3 Å². The topological polar surface area (TPSA) is 70.7 Å². The molecule has 1 aliphatic rings. The van der Waals surface area contributed by atoms with E-state index in [0.717, 1.165) is 24.2 Å². The number of nitrogens with one attached hydrogen (secondary N) is 2. The molecular weight excluding hydrogens is 366 g/mol. The minimum absolute atomic E-state index is 0.0572. The average molecular weight is 396 g/mol. The van der Waals surface area contributed by atoms with Crippen molar-refractivity contribution >= 4 is 23.2 Å². The molecule has 1 aliphatic heterocycles. The fourth-order valence-corrected chi connectivity index (χ4v) is 3.42. The van der Waals surface area contributed by atoms with Crippen LogP contribution in [0.15, 0.2) is 54.6 Å². The van der Waals surface area contributed by atoms with Crippen molar-refractivity contribution in [2.45, 2.75) is 45.3 Å². The molecule has 2 amide bonds. The molecule has 2 aromatic carbocycles. The van der Waals surface area contributed by atoms with Crippen LogP contribution in [0, 0.1) is 0 Å². The Morgan fingerprint density at radius 2 is 1.76 bits per heavy atom. The number of ether oxygens (including phenoxy) is 1. The third kappa shape index (κ3) is 5.50. The molecule has 0 radical (unpaired) electrons. The van der Waals surface area contributed by atoms with Gasteiger partial charge in [-0.2, -0.15) is 0 Å². The van der Waals surface area contributed by atoms with Gasteiger partial charge in [-0.25, -0.2) is 0 Å². The summed E-state index contributed by atoms with van der Waals surface area (Å²) in [6, 6.07) is 17.2. The van der Waals surface area contributed by atoms with Gasteiger partial charge in [-0.15, -0.1) is 0 Å². The van der Waals surface area contributed by atoms with Gasteiger partial charge in [0, 0.05) is 24.7 Å². The number of anilines is 2. The number of benzene rings is 2. The summed E-state index contributed by atoms with van der Waals surface area (Å²) in [4.78, 5) is 27.1. The van der Waals surface area contributed by atoms with Crippen LogP contribution in [0.5, 0.6) is 5.75 Å². The molecule has 29 heavy (non-hydrogen) atoms. The van der Waals surface area contributed by atoms with Crippen LogP contribution in [-0.2, 0) is 9.59 Å². The van der Waals surface area contributed by atoms with Crippen LogP contribution in [0.25, 0.3) is 0 Å². The molecule has 0 spiro atoms. The predicted molar refractivity (Wildman–Crippen MR) is 115 cm³/mol. The highest BCUT2D eigenvalue weighted by Gasteiger charge is 2.31. The monoisotopic (exact) mass is 395 g/mol. The van der Waals surface area contributed by atoms with Gasteiger partial charge in [0.1, 0.15) is 5.75 Å². The van der Waals surface area contributed by atoms with E-state index in [2.05, 4.69) is 29.4 Å².